The van der Waals surface area contributed by atoms with E-state index in [0.29, 0.717) is 6.04 Å². The Kier molecular flexibility index (Phi) is 3.66. The minimum atomic E-state index is 0.486. The molecule has 0 amide bonds. The van der Waals surface area contributed by atoms with E-state index in [-0.39, 0.29) is 0 Å². The van der Waals surface area contributed by atoms with Gasteiger partial charge in [0.25, 0.3) is 0 Å². The molecule has 0 saturated heterocycles. The first-order chi connectivity index (χ1) is 11.3. The number of rotatable bonds is 3. The van der Waals surface area contributed by atoms with Gasteiger partial charge in [0.2, 0.25) is 0 Å². The number of fused-ring (bicyclic) bond motifs is 3. The second kappa shape index (κ2) is 5.82. The van der Waals surface area contributed by atoms with Crippen LogP contribution in [0.1, 0.15) is 29.9 Å². The molecule has 0 spiro atoms. The Labute approximate surface area is 137 Å². The quantitative estimate of drug-likeness (QED) is 0.733. The highest BCUT2D eigenvalue weighted by atomic mass is 15.1. The summed E-state index contributed by atoms with van der Waals surface area (Å²) in [5.41, 5.74) is 5.58. The Morgan fingerprint density at radius 3 is 2.78 bits per heavy atom. The first-order valence-corrected chi connectivity index (χ1v) is 8.46. The number of likely N-dealkylation sites (N-methyl/N-ethyl adjacent to an activating group) is 1. The maximum absolute atomic E-state index is 4.48. The fourth-order valence-corrected chi connectivity index (χ4v) is 3.84. The average Bonchev–Trinajstić information content (AvgIpc) is 2.91. The van der Waals surface area contributed by atoms with Gasteiger partial charge in [0, 0.05) is 60.5 Å². The SMILES string of the molecule is CC1c2c(n(CCc3ccccn3)c3ccccc23)CCN1C. The molecule has 1 aliphatic rings. The number of nitrogens with zero attached hydrogens (tertiary/aromatic N) is 3. The molecule has 3 heterocycles. The molecular weight excluding hydrogens is 282 g/mol. The lowest BCUT2D eigenvalue weighted by Gasteiger charge is -2.31. The maximum Gasteiger partial charge on any atom is 0.0486 e. The zero-order chi connectivity index (χ0) is 15.8. The zero-order valence-corrected chi connectivity index (χ0v) is 13.9. The summed E-state index contributed by atoms with van der Waals surface area (Å²) in [5, 5.41) is 1.42. The van der Waals surface area contributed by atoms with Crippen LogP contribution in [0.3, 0.4) is 0 Å². The Morgan fingerprint density at radius 2 is 1.96 bits per heavy atom. The lowest BCUT2D eigenvalue weighted by Crippen LogP contribution is -2.31. The van der Waals surface area contributed by atoms with E-state index in [1.54, 1.807) is 0 Å². The largest absolute Gasteiger partial charge is 0.344 e. The minimum absolute atomic E-state index is 0.486. The van der Waals surface area contributed by atoms with E-state index in [9.17, 15) is 0 Å². The number of aromatic nitrogens is 2. The van der Waals surface area contributed by atoms with Crippen molar-refractivity contribution in [1.29, 1.82) is 0 Å². The summed E-state index contributed by atoms with van der Waals surface area (Å²) in [6.45, 7) is 4.46. The van der Waals surface area contributed by atoms with Crippen molar-refractivity contribution in [2.24, 2.45) is 0 Å². The van der Waals surface area contributed by atoms with Gasteiger partial charge in [-0.1, -0.05) is 24.3 Å². The van der Waals surface area contributed by atoms with Gasteiger partial charge in [-0.2, -0.15) is 0 Å². The number of pyridine rings is 1. The van der Waals surface area contributed by atoms with Gasteiger partial charge in [-0.25, -0.2) is 0 Å². The van der Waals surface area contributed by atoms with Crippen molar-refractivity contribution in [3.8, 4) is 0 Å². The molecule has 1 aliphatic heterocycles. The van der Waals surface area contributed by atoms with Gasteiger partial charge in [0.1, 0.15) is 0 Å². The van der Waals surface area contributed by atoms with E-state index in [0.717, 1.165) is 25.9 Å². The maximum atomic E-state index is 4.48. The third-order valence-electron chi connectivity index (χ3n) is 5.22. The highest BCUT2D eigenvalue weighted by Gasteiger charge is 2.27. The van der Waals surface area contributed by atoms with E-state index < -0.39 is 0 Å². The molecule has 118 valence electrons. The third kappa shape index (κ3) is 2.45. The third-order valence-corrected chi connectivity index (χ3v) is 5.22. The van der Waals surface area contributed by atoms with Crippen molar-refractivity contribution in [2.75, 3.05) is 13.6 Å². The lowest BCUT2D eigenvalue weighted by atomic mass is 9.97. The highest BCUT2D eigenvalue weighted by molar-refractivity contribution is 5.86. The van der Waals surface area contributed by atoms with Crippen molar-refractivity contribution in [3.05, 3.63) is 65.6 Å². The number of benzene rings is 1. The normalized spacial score (nSPS) is 18.3. The molecule has 23 heavy (non-hydrogen) atoms. The molecule has 3 heteroatoms. The molecule has 4 rings (SSSR count). The molecule has 2 aromatic heterocycles. The van der Waals surface area contributed by atoms with Crippen LogP contribution in [-0.4, -0.2) is 28.0 Å². The molecule has 1 atom stereocenters. The summed E-state index contributed by atoms with van der Waals surface area (Å²) in [4.78, 5) is 6.93. The minimum Gasteiger partial charge on any atom is -0.344 e. The molecule has 0 saturated carbocycles. The van der Waals surface area contributed by atoms with Crippen LogP contribution in [-0.2, 0) is 19.4 Å². The first kappa shape index (κ1) is 14.5. The van der Waals surface area contributed by atoms with Gasteiger partial charge in [0.15, 0.2) is 0 Å². The van der Waals surface area contributed by atoms with Gasteiger partial charge in [-0.3, -0.25) is 9.88 Å². The van der Waals surface area contributed by atoms with Crippen LogP contribution in [0.15, 0.2) is 48.7 Å². The summed E-state index contributed by atoms with van der Waals surface area (Å²) in [6.07, 6.45) is 4.00. The molecule has 3 aromatic rings. The van der Waals surface area contributed by atoms with Crippen molar-refractivity contribution in [3.63, 3.8) is 0 Å². The van der Waals surface area contributed by atoms with Crippen LogP contribution in [0, 0.1) is 0 Å². The highest BCUT2D eigenvalue weighted by Crippen LogP contribution is 2.36. The van der Waals surface area contributed by atoms with Gasteiger partial charge in [-0.15, -0.1) is 0 Å². The second-order valence-corrected chi connectivity index (χ2v) is 6.51. The molecule has 0 radical (unpaired) electrons. The molecule has 0 aliphatic carbocycles. The standard InChI is InChI=1S/C20H23N3/c1-15-20-17-8-3-4-9-18(17)23(19(20)11-13-22(15)2)14-10-16-7-5-6-12-21-16/h3-9,12,15H,10-11,13-14H2,1-2H3. The summed E-state index contributed by atoms with van der Waals surface area (Å²) in [7, 11) is 2.23. The zero-order valence-electron chi connectivity index (χ0n) is 13.9. The summed E-state index contributed by atoms with van der Waals surface area (Å²) in [5.74, 6) is 0. The lowest BCUT2D eigenvalue weighted by molar-refractivity contribution is 0.245. The van der Waals surface area contributed by atoms with E-state index in [1.807, 2.05) is 12.3 Å². The molecule has 3 nitrogen and oxygen atoms in total. The van der Waals surface area contributed by atoms with E-state index in [4.69, 9.17) is 0 Å². The van der Waals surface area contributed by atoms with Crippen molar-refractivity contribution in [2.45, 2.75) is 32.4 Å². The van der Waals surface area contributed by atoms with Crippen LogP contribution in [0.2, 0.25) is 0 Å². The molecule has 1 unspecified atom stereocenters. The fraction of sp³-hybridized carbons (Fsp3) is 0.350. The first-order valence-electron chi connectivity index (χ1n) is 8.46. The Morgan fingerprint density at radius 1 is 1.13 bits per heavy atom. The van der Waals surface area contributed by atoms with Crippen molar-refractivity contribution < 1.29 is 0 Å². The fourth-order valence-electron chi connectivity index (χ4n) is 3.84. The Hall–Kier alpha value is -2.13. The van der Waals surface area contributed by atoms with Crippen LogP contribution in [0.4, 0.5) is 0 Å². The van der Waals surface area contributed by atoms with Gasteiger partial charge >= 0.3 is 0 Å². The van der Waals surface area contributed by atoms with Gasteiger partial charge < -0.3 is 4.57 Å². The Bertz CT molecular complexity index is 820. The predicted octanol–water partition coefficient (Wildman–Crippen LogP) is 3.83. The smallest absolute Gasteiger partial charge is 0.0486 e. The summed E-state index contributed by atoms with van der Waals surface area (Å²) < 4.78 is 2.53. The Balaban J connectivity index is 1.77. The monoisotopic (exact) mass is 305 g/mol. The predicted molar refractivity (Wildman–Crippen MR) is 94.6 cm³/mol. The van der Waals surface area contributed by atoms with Crippen molar-refractivity contribution in [1.82, 2.24) is 14.5 Å². The average molecular weight is 305 g/mol. The molecule has 0 N–H and O–H groups in total. The second-order valence-electron chi connectivity index (χ2n) is 6.51. The molecule has 1 aromatic carbocycles. The van der Waals surface area contributed by atoms with Gasteiger partial charge in [0.05, 0.1) is 0 Å². The van der Waals surface area contributed by atoms with E-state index in [1.165, 1.54) is 27.9 Å². The number of hydrogen-bond acceptors (Lipinski definition) is 2. The number of para-hydroxylation sites is 1. The van der Waals surface area contributed by atoms with Crippen LogP contribution >= 0.6 is 0 Å². The number of aryl methyl sites for hydroxylation is 2. The topological polar surface area (TPSA) is 21.1 Å². The summed E-state index contributed by atoms with van der Waals surface area (Å²) in [6, 6.07) is 15.5. The van der Waals surface area contributed by atoms with E-state index in [2.05, 4.69) is 64.8 Å². The van der Waals surface area contributed by atoms with E-state index >= 15 is 0 Å². The van der Waals surface area contributed by atoms with Crippen molar-refractivity contribution >= 4 is 10.9 Å². The molecular formula is C20H23N3. The van der Waals surface area contributed by atoms with Gasteiger partial charge in [-0.05, 0) is 37.7 Å². The van der Waals surface area contributed by atoms with Crippen LogP contribution < -0.4 is 0 Å². The van der Waals surface area contributed by atoms with Crippen LogP contribution in [0.5, 0.6) is 0 Å². The number of hydrogen-bond donors (Lipinski definition) is 0. The summed E-state index contributed by atoms with van der Waals surface area (Å²) >= 11 is 0. The van der Waals surface area contributed by atoms with Crippen LogP contribution in [0.25, 0.3) is 10.9 Å². The molecule has 0 bridgehead atoms. The molecule has 0 fully saturated rings.